The number of carbonyl (C=O) groups is 2. The fourth-order valence-corrected chi connectivity index (χ4v) is 4.90. The highest BCUT2D eigenvalue weighted by Crippen LogP contribution is 2.39. The lowest BCUT2D eigenvalue weighted by molar-refractivity contribution is -0.241. The zero-order valence-electron chi connectivity index (χ0n) is 19.7. The molecule has 3 fully saturated rings. The number of hydrogen-bond acceptors (Lipinski definition) is 6. The highest BCUT2D eigenvalue weighted by molar-refractivity contribution is 5.89. The van der Waals surface area contributed by atoms with E-state index >= 15 is 0 Å². The first-order valence-corrected chi connectivity index (χ1v) is 11.9. The summed E-state index contributed by atoms with van der Waals surface area (Å²) in [5.41, 5.74) is 1.09. The zero-order valence-corrected chi connectivity index (χ0v) is 19.7. The molecule has 0 radical (unpaired) electrons. The average molecular weight is 479 g/mol. The molecular weight excluding hydrogens is 443 g/mol. The Bertz CT molecular complexity index is 816. The van der Waals surface area contributed by atoms with E-state index in [0.29, 0.717) is 12.2 Å². The molecule has 2 unspecified atom stereocenters. The van der Waals surface area contributed by atoms with Crippen LogP contribution >= 0.6 is 0 Å². The topological polar surface area (TPSA) is 99.5 Å². The Morgan fingerprint density at radius 2 is 1.62 bits per heavy atom. The number of hydrogen-bond donors (Lipinski definition) is 2. The van der Waals surface area contributed by atoms with Gasteiger partial charge in [0.2, 0.25) is 0 Å². The molecule has 2 heterocycles. The van der Waals surface area contributed by atoms with Crippen LogP contribution in [0.5, 0.6) is 0 Å². The van der Waals surface area contributed by atoms with Crippen molar-refractivity contribution in [3.63, 3.8) is 0 Å². The number of halogens is 1. The first kappa shape index (κ1) is 26.1. The maximum absolute atomic E-state index is 13.1. The van der Waals surface area contributed by atoms with Gasteiger partial charge in [-0.2, -0.15) is 0 Å². The van der Waals surface area contributed by atoms with Gasteiger partial charge in [-0.15, -0.1) is 0 Å². The van der Waals surface area contributed by atoms with E-state index in [-0.39, 0.29) is 23.6 Å². The Morgan fingerprint density at radius 1 is 1.03 bits per heavy atom. The maximum atomic E-state index is 13.1. The summed E-state index contributed by atoms with van der Waals surface area (Å²) >= 11 is 0. The fourth-order valence-electron chi connectivity index (χ4n) is 4.90. The molecule has 9 heteroatoms. The van der Waals surface area contributed by atoms with Crippen molar-refractivity contribution < 1.29 is 33.7 Å². The predicted octanol–water partition coefficient (Wildman–Crippen LogP) is 3.17. The van der Waals surface area contributed by atoms with E-state index in [4.69, 9.17) is 19.7 Å². The fraction of sp³-hybridized carbons (Fsp3) is 0.600. The highest BCUT2D eigenvalue weighted by atomic mass is 19.1. The lowest BCUT2D eigenvalue weighted by Gasteiger charge is -2.48. The first-order valence-electron chi connectivity index (χ1n) is 11.9. The summed E-state index contributed by atoms with van der Waals surface area (Å²) in [6, 6.07) is 6.82. The molecule has 2 atom stereocenters. The van der Waals surface area contributed by atoms with Crippen LogP contribution in [0, 0.1) is 5.82 Å². The average Bonchev–Trinajstić information content (AvgIpc) is 2.82. The van der Waals surface area contributed by atoms with E-state index in [1.807, 2.05) is 12.1 Å². The van der Waals surface area contributed by atoms with Crippen molar-refractivity contribution in [3.05, 3.63) is 42.2 Å². The minimum atomic E-state index is -1.26. The van der Waals surface area contributed by atoms with Crippen molar-refractivity contribution in [2.75, 3.05) is 44.2 Å². The van der Waals surface area contributed by atoms with Crippen LogP contribution in [0.2, 0.25) is 0 Å². The number of ether oxygens (including phenoxy) is 2. The van der Waals surface area contributed by atoms with Crippen LogP contribution in [0.1, 0.15) is 39.0 Å². The normalized spacial score (nSPS) is 25.1. The number of piperazine rings is 1. The van der Waals surface area contributed by atoms with Gasteiger partial charge in [-0.05, 0) is 44.0 Å². The molecule has 3 aliphatic rings. The van der Waals surface area contributed by atoms with E-state index in [1.54, 1.807) is 0 Å². The number of carboxylic acid groups (broad SMARTS) is 2. The molecule has 2 aliphatic heterocycles. The molecule has 2 N–H and O–H groups in total. The van der Waals surface area contributed by atoms with E-state index in [0.717, 1.165) is 57.9 Å². The molecule has 0 aromatic heterocycles. The first-order chi connectivity index (χ1) is 16.3. The van der Waals surface area contributed by atoms with E-state index in [2.05, 4.69) is 16.7 Å². The van der Waals surface area contributed by atoms with Crippen molar-refractivity contribution in [2.24, 2.45) is 0 Å². The number of carboxylic acids is 2. The summed E-state index contributed by atoms with van der Waals surface area (Å²) in [4.78, 5) is 23.9. The zero-order chi connectivity index (χ0) is 24.6. The lowest BCUT2D eigenvalue weighted by Crippen LogP contribution is -2.57. The largest absolute Gasteiger partial charge is 0.478 e. The SMILES string of the molecule is CC1OC(CN2CCN(c3ccc(F)cc3)CC2)COC12CCCCC2.O=C(O)/C=C/C(=O)O. The second kappa shape index (κ2) is 12.3. The third kappa shape index (κ3) is 7.51. The smallest absolute Gasteiger partial charge is 0.328 e. The Morgan fingerprint density at radius 3 is 2.15 bits per heavy atom. The molecule has 34 heavy (non-hydrogen) atoms. The molecule has 1 saturated carbocycles. The standard InChI is InChI=1S/C21H31FN2O2.C4H4O4/c1-17-21(9-3-2-4-10-21)25-16-20(26-17)15-23-11-13-24(14-12-23)19-7-5-18(22)6-8-19;5-3(6)1-2-4(7)8/h5-8,17,20H,2-4,9-16H2,1H3;1-2H,(H,5,6)(H,7,8)/b;2-1+. The molecule has 188 valence electrons. The predicted molar refractivity (Wildman–Crippen MR) is 126 cm³/mol. The van der Waals surface area contributed by atoms with Crippen LogP contribution in [0.25, 0.3) is 0 Å². The van der Waals surface area contributed by atoms with Crippen LogP contribution in [0.3, 0.4) is 0 Å². The summed E-state index contributed by atoms with van der Waals surface area (Å²) in [7, 11) is 0. The summed E-state index contributed by atoms with van der Waals surface area (Å²) in [5.74, 6) is -2.69. The molecule has 2 saturated heterocycles. The lowest BCUT2D eigenvalue weighted by atomic mass is 9.80. The molecule has 8 nitrogen and oxygen atoms in total. The number of anilines is 1. The van der Waals surface area contributed by atoms with Gasteiger partial charge in [0.05, 0.1) is 24.4 Å². The molecule has 1 aliphatic carbocycles. The van der Waals surface area contributed by atoms with Gasteiger partial charge < -0.3 is 24.6 Å². The van der Waals surface area contributed by atoms with Gasteiger partial charge in [-0.3, -0.25) is 4.90 Å². The minimum absolute atomic E-state index is 0.0178. The van der Waals surface area contributed by atoms with E-state index in [9.17, 15) is 14.0 Å². The Balaban J connectivity index is 0.000000350. The van der Waals surface area contributed by atoms with Crippen molar-refractivity contribution in [1.29, 1.82) is 0 Å². The van der Waals surface area contributed by atoms with E-state index in [1.165, 1.54) is 31.4 Å². The van der Waals surface area contributed by atoms with Crippen LogP contribution in [-0.2, 0) is 19.1 Å². The van der Waals surface area contributed by atoms with Crippen molar-refractivity contribution in [2.45, 2.75) is 56.8 Å². The monoisotopic (exact) mass is 478 g/mol. The number of rotatable bonds is 5. The Kier molecular flexibility index (Phi) is 9.44. The summed E-state index contributed by atoms with van der Waals surface area (Å²) in [6.07, 6.45) is 7.66. The maximum Gasteiger partial charge on any atom is 0.328 e. The minimum Gasteiger partial charge on any atom is -0.478 e. The molecule has 0 amide bonds. The Labute approximate surface area is 199 Å². The molecule has 4 rings (SSSR count). The number of nitrogens with zero attached hydrogens (tertiary/aromatic N) is 2. The molecule has 0 bridgehead atoms. The van der Waals surface area contributed by atoms with Crippen LogP contribution in [0.4, 0.5) is 10.1 Å². The number of aliphatic carboxylic acids is 2. The van der Waals surface area contributed by atoms with Gasteiger partial charge in [0.25, 0.3) is 0 Å². The molecular formula is C25H35FN2O6. The van der Waals surface area contributed by atoms with Crippen LogP contribution in [0.15, 0.2) is 36.4 Å². The van der Waals surface area contributed by atoms with Gasteiger partial charge in [0.1, 0.15) is 5.82 Å². The second-order valence-corrected chi connectivity index (χ2v) is 9.11. The quantitative estimate of drug-likeness (QED) is 0.623. The van der Waals surface area contributed by atoms with Gasteiger partial charge in [-0.1, -0.05) is 19.3 Å². The van der Waals surface area contributed by atoms with Crippen LogP contribution < -0.4 is 4.90 Å². The third-order valence-electron chi connectivity index (χ3n) is 6.79. The third-order valence-corrected chi connectivity index (χ3v) is 6.79. The number of benzene rings is 1. The molecule has 1 aromatic carbocycles. The molecule has 1 aromatic rings. The Hall–Kier alpha value is -2.49. The van der Waals surface area contributed by atoms with Gasteiger partial charge in [0.15, 0.2) is 0 Å². The van der Waals surface area contributed by atoms with Crippen molar-refractivity contribution in [3.8, 4) is 0 Å². The van der Waals surface area contributed by atoms with Gasteiger partial charge in [-0.25, -0.2) is 14.0 Å². The van der Waals surface area contributed by atoms with Gasteiger partial charge >= 0.3 is 11.9 Å². The highest BCUT2D eigenvalue weighted by Gasteiger charge is 2.44. The van der Waals surface area contributed by atoms with E-state index < -0.39 is 11.9 Å². The summed E-state index contributed by atoms with van der Waals surface area (Å²) in [5, 5.41) is 15.6. The molecule has 1 spiro atoms. The van der Waals surface area contributed by atoms with Crippen LogP contribution in [-0.4, -0.2) is 84.2 Å². The summed E-state index contributed by atoms with van der Waals surface area (Å²) in [6.45, 7) is 7.83. The second-order valence-electron chi connectivity index (χ2n) is 9.11. The van der Waals surface area contributed by atoms with Gasteiger partial charge in [0, 0.05) is 50.6 Å². The summed E-state index contributed by atoms with van der Waals surface area (Å²) < 4.78 is 25.8. The van der Waals surface area contributed by atoms with Crippen molar-refractivity contribution in [1.82, 2.24) is 4.90 Å². The van der Waals surface area contributed by atoms with Crippen molar-refractivity contribution >= 4 is 17.6 Å².